The first-order valence-electron chi connectivity index (χ1n) is 7.88. The molecule has 1 aliphatic carbocycles. The van der Waals surface area contributed by atoms with Crippen LogP contribution in [-0.2, 0) is 0 Å². The van der Waals surface area contributed by atoms with E-state index >= 15 is 0 Å². The van der Waals surface area contributed by atoms with Gasteiger partial charge in [0.25, 0.3) is 0 Å². The second-order valence-corrected chi connectivity index (χ2v) is 8.29. The molecule has 0 aromatic heterocycles. The van der Waals surface area contributed by atoms with Gasteiger partial charge in [0.05, 0.1) is 15.2 Å². The number of hydrogen-bond acceptors (Lipinski definition) is 2. The summed E-state index contributed by atoms with van der Waals surface area (Å²) >= 11 is 10.0. The fraction of sp³-hybridized carbons (Fsp3) is 0.647. The lowest BCUT2D eigenvalue weighted by Crippen LogP contribution is -2.65. The van der Waals surface area contributed by atoms with Crippen molar-refractivity contribution in [1.29, 1.82) is 0 Å². The van der Waals surface area contributed by atoms with Crippen molar-refractivity contribution >= 4 is 33.2 Å². The van der Waals surface area contributed by atoms with Crippen molar-refractivity contribution in [1.82, 2.24) is 5.32 Å². The first kappa shape index (κ1) is 15.6. The minimum atomic E-state index is 0.229. The summed E-state index contributed by atoms with van der Waals surface area (Å²) in [5, 5.41) is 4.63. The molecule has 2 nitrogen and oxygen atoms in total. The molecular formula is C17H24BrClN2. The SMILES string of the molecule is CC(C)C1CNC(C)(C2CC2)CN1c1cccc(Cl)c1Br. The highest BCUT2D eigenvalue weighted by Crippen LogP contribution is 2.44. The average molecular weight is 372 g/mol. The predicted octanol–water partition coefficient (Wildman–Crippen LogP) is 4.71. The summed E-state index contributed by atoms with van der Waals surface area (Å²) < 4.78 is 1.03. The summed E-state index contributed by atoms with van der Waals surface area (Å²) in [6.07, 6.45) is 2.72. The van der Waals surface area contributed by atoms with E-state index in [2.05, 4.69) is 59.1 Å². The van der Waals surface area contributed by atoms with Crippen LogP contribution < -0.4 is 10.2 Å². The van der Waals surface area contributed by atoms with Crippen LogP contribution in [0.2, 0.25) is 5.02 Å². The van der Waals surface area contributed by atoms with Gasteiger partial charge in [-0.2, -0.15) is 0 Å². The van der Waals surface area contributed by atoms with Crippen molar-refractivity contribution in [3.63, 3.8) is 0 Å². The highest BCUT2D eigenvalue weighted by atomic mass is 79.9. The Kier molecular flexibility index (Phi) is 4.28. The summed E-state index contributed by atoms with van der Waals surface area (Å²) in [6.45, 7) is 9.09. The van der Waals surface area contributed by atoms with Crippen LogP contribution in [0.3, 0.4) is 0 Å². The van der Waals surface area contributed by atoms with Crippen LogP contribution in [-0.4, -0.2) is 24.7 Å². The maximum absolute atomic E-state index is 6.32. The Morgan fingerprint density at radius 3 is 2.71 bits per heavy atom. The normalized spacial score (nSPS) is 30.0. The number of benzene rings is 1. The predicted molar refractivity (Wildman–Crippen MR) is 94.3 cm³/mol. The molecule has 0 amide bonds. The molecule has 0 radical (unpaired) electrons. The molecular weight excluding hydrogens is 348 g/mol. The molecule has 1 saturated carbocycles. The molecule has 116 valence electrons. The van der Waals surface area contributed by atoms with Crippen LogP contribution in [0, 0.1) is 11.8 Å². The van der Waals surface area contributed by atoms with Crippen molar-refractivity contribution in [2.75, 3.05) is 18.0 Å². The third kappa shape index (κ3) is 2.97. The number of rotatable bonds is 3. The summed E-state index contributed by atoms with van der Waals surface area (Å²) in [5.74, 6) is 1.43. The lowest BCUT2D eigenvalue weighted by molar-refractivity contribution is 0.233. The fourth-order valence-electron chi connectivity index (χ4n) is 3.54. The molecule has 2 unspecified atom stereocenters. The average Bonchev–Trinajstić information content (AvgIpc) is 3.26. The van der Waals surface area contributed by atoms with Crippen molar-refractivity contribution in [3.8, 4) is 0 Å². The summed E-state index contributed by atoms with van der Waals surface area (Å²) in [6, 6.07) is 6.69. The molecule has 1 heterocycles. The second kappa shape index (κ2) is 5.75. The number of halogens is 2. The zero-order chi connectivity index (χ0) is 15.2. The van der Waals surface area contributed by atoms with Gasteiger partial charge in [0, 0.05) is 24.7 Å². The lowest BCUT2D eigenvalue weighted by Gasteiger charge is -2.49. The zero-order valence-electron chi connectivity index (χ0n) is 13.0. The minimum Gasteiger partial charge on any atom is -0.364 e. The molecule has 1 N–H and O–H groups in total. The third-order valence-corrected chi connectivity index (χ3v) is 6.48. The van der Waals surface area contributed by atoms with E-state index < -0.39 is 0 Å². The van der Waals surface area contributed by atoms with Gasteiger partial charge in [-0.1, -0.05) is 31.5 Å². The van der Waals surface area contributed by atoms with Gasteiger partial charge in [-0.15, -0.1) is 0 Å². The monoisotopic (exact) mass is 370 g/mol. The Labute approximate surface area is 141 Å². The lowest BCUT2D eigenvalue weighted by atomic mass is 9.87. The largest absolute Gasteiger partial charge is 0.364 e. The Balaban J connectivity index is 1.95. The van der Waals surface area contributed by atoms with E-state index in [4.69, 9.17) is 11.6 Å². The molecule has 1 aromatic carbocycles. The van der Waals surface area contributed by atoms with Crippen LogP contribution in [0.4, 0.5) is 5.69 Å². The number of piperazine rings is 1. The number of hydrogen-bond donors (Lipinski definition) is 1. The minimum absolute atomic E-state index is 0.229. The highest BCUT2D eigenvalue weighted by molar-refractivity contribution is 9.10. The van der Waals surface area contributed by atoms with Crippen molar-refractivity contribution in [2.45, 2.75) is 45.2 Å². The van der Waals surface area contributed by atoms with Gasteiger partial charge >= 0.3 is 0 Å². The summed E-state index contributed by atoms with van der Waals surface area (Å²) in [7, 11) is 0. The van der Waals surface area contributed by atoms with Gasteiger partial charge in [0.15, 0.2) is 0 Å². The molecule has 1 aromatic rings. The standard InChI is InChI=1S/C17H24BrClN2/c1-11(2)15-9-20-17(3,12-7-8-12)10-21(15)14-6-4-5-13(19)16(14)18/h4-6,11-12,15,20H,7-10H2,1-3H3. The molecule has 2 fully saturated rings. The van der Waals surface area contributed by atoms with Crippen LogP contribution >= 0.6 is 27.5 Å². The Bertz CT molecular complexity index is 530. The topological polar surface area (TPSA) is 15.3 Å². The van der Waals surface area contributed by atoms with Gasteiger partial charge in [0.2, 0.25) is 0 Å². The Morgan fingerprint density at radius 1 is 1.38 bits per heavy atom. The van der Waals surface area contributed by atoms with Gasteiger partial charge in [-0.3, -0.25) is 0 Å². The molecule has 3 rings (SSSR count). The smallest absolute Gasteiger partial charge is 0.0595 e. The van der Waals surface area contributed by atoms with Crippen LogP contribution in [0.25, 0.3) is 0 Å². The highest BCUT2D eigenvalue weighted by Gasteiger charge is 2.46. The van der Waals surface area contributed by atoms with Crippen LogP contribution in [0.1, 0.15) is 33.6 Å². The van der Waals surface area contributed by atoms with E-state index in [0.717, 1.165) is 28.5 Å². The van der Waals surface area contributed by atoms with Crippen LogP contribution in [0.5, 0.6) is 0 Å². The summed E-state index contributed by atoms with van der Waals surface area (Å²) in [5.41, 5.74) is 1.46. The molecule has 2 aliphatic rings. The maximum Gasteiger partial charge on any atom is 0.0595 e. The Hall–Kier alpha value is -0.250. The van der Waals surface area contributed by atoms with Crippen molar-refractivity contribution in [3.05, 3.63) is 27.7 Å². The van der Waals surface area contributed by atoms with E-state index in [1.54, 1.807) is 0 Å². The summed E-state index contributed by atoms with van der Waals surface area (Å²) in [4.78, 5) is 2.56. The first-order valence-corrected chi connectivity index (χ1v) is 9.05. The van der Waals surface area contributed by atoms with Gasteiger partial charge in [-0.05, 0) is 59.7 Å². The van der Waals surface area contributed by atoms with Crippen molar-refractivity contribution in [2.24, 2.45) is 11.8 Å². The zero-order valence-corrected chi connectivity index (χ0v) is 15.3. The molecule has 1 aliphatic heterocycles. The van der Waals surface area contributed by atoms with E-state index in [-0.39, 0.29) is 5.54 Å². The third-order valence-electron chi connectivity index (χ3n) is 5.10. The van der Waals surface area contributed by atoms with E-state index in [9.17, 15) is 0 Å². The quantitative estimate of drug-likeness (QED) is 0.828. The maximum atomic E-state index is 6.32. The van der Waals surface area contributed by atoms with Gasteiger partial charge in [-0.25, -0.2) is 0 Å². The molecule has 4 heteroatoms. The number of nitrogens with zero attached hydrogens (tertiary/aromatic N) is 1. The van der Waals surface area contributed by atoms with Gasteiger partial charge in [0.1, 0.15) is 0 Å². The Morgan fingerprint density at radius 2 is 2.10 bits per heavy atom. The van der Waals surface area contributed by atoms with Gasteiger partial charge < -0.3 is 10.2 Å². The van der Waals surface area contributed by atoms with Crippen molar-refractivity contribution < 1.29 is 0 Å². The second-order valence-electron chi connectivity index (χ2n) is 7.08. The number of nitrogens with one attached hydrogen (secondary N) is 1. The number of anilines is 1. The molecule has 21 heavy (non-hydrogen) atoms. The first-order chi connectivity index (χ1) is 9.92. The van der Waals surface area contributed by atoms with Crippen LogP contribution in [0.15, 0.2) is 22.7 Å². The van der Waals surface area contributed by atoms with E-state index in [1.165, 1.54) is 18.5 Å². The molecule has 1 saturated heterocycles. The molecule has 0 bridgehead atoms. The molecule has 0 spiro atoms. The van der Waals surface area contributed by atoms with E-state index in [1.807, 2.05) is 6.07 Å². The fourth-order valence-corrected chi connectivity index (χ4v) is 4.20. The van der Waals surface area contributed by atoms with E-state index in [0.29, 0.717) is 12.0 Å². The molecule has 2 atom stereocenters.